The number of halogens is 1. The van der Waals surface area contributed by atoms with Gasteiger partial charge in [0, 0.05) is 11.6 Å². The number of hydrogen-bond acceptors (Lipinski definition) is 3. The molecule has 2 aromatic rings. The lowest BCUT2D eigenvalue weighted by molar-refractivity contribution is -0.119. The molecular weight excluding hydrogens is 372 g/mol. The molecule has 1 amide bonds. The Labute approximate surface area is 160 Å². The van der Waals surface area contributed by atoms with Crippen LogP contribution in [0, 0.1) is 6.92 Å². The van der Waals surface area contributed by atoms with Crippen molar-refractivity contribution in [3.05, 3.63) is 64.7 Å². The Morgan fingerprint density at radius 3 is 2.50 bits per heavy atom. The molecule has 0 aromatic heterocycles. The summed E-state index contributed by atoms with van der Waals surface area (Å²) in [4.78, 5) is 12.2. The predicted molar refractivity (Wildman–Crippen MR) is 106 cm³/mol. The summed E-state index contributed by atoms with van der Waals surface area (Å²) in [6.45, 7) is 1.99. The number of nitrogens with one attached hydrogen (secondary N) is 1. The molecule has 0 heterocycles. The van der Waals surface area contributed by atoms with Gasteiger partial charge in [-0.15, -0.1) is 0 Å². The molecule has 5 nitrogen and oxygen atoms in total. The summed E-state index contributed by atoms with van der Waals surface area (Å²) < 4.78 is 25.4. The molecule has 1 N–H and O–H groups in total. The van der Waals surface area contributed by atoms with Crippen molar-refractivity contribution < 1.29 is 13.2 Å². The molecular formula is C19H23ClN2O3S. The average Bonchev–Trinajstić information content (AvgIpc) is 2.59. The van der Waals surface area contributed by atoms with Crippen LogP contribution >= 0.6 is 11.6 Å². The number of benzene rings is 2. The molecule has 26 heavy (non-hydrogen) atoms. The zero-order valence-electron chi connectivity index (χ0n) is 14.9. The van der Waals surface area contributed by atoms with E-state index in [0.717, 1.165) is 29.0 Å². The molecule has 0 bridgehead atoms. The third kappa shape index (κ3) is 6.04. The molecule has 2 rings (SSSR count). The van der Waals surface area contributed by atoms with Gasteiger partial charge in [0.15, 0.2) is 0 Å². The predicted octanol–water partition coefficient (Wildman–Crippen LogP) is 3.16. The monoisotopic (exact) mass is 394 g/mol. The van der Waals surface area contributed by atoms with Crippen LogP contribution in [0.3, 0.4) is 0 Å². The van der Waals surface area contributed by atoms with E-state index in [0.29, 0.717) is 17.3 Å². The highest BCUT2D eigenvalue weighted by Crippen LogP contribution is 2.26. The Kier molecular flexibility index (Phi) is 7.06. The Morgan fingerprint density at radius 1 is 1.15 bits per heavy atom. The van der Waals surface area contributed by atoms with Crippen molar-refractivity contribution in [1.82, 2.24) is 5.32 Å². The lowest BCUT2D eigenvalue weighted by Gasteiger charge is -2.23. The lowest BCUT2D eigenvalue weighted by Crippen LogP contribution is -2.41. The molecule has 0 atom stereocenters. The Morgan fingerprint density at radius 2 is 1.85 bits per heavy atom. The average molecular weight is 395 g/mol. The molecule has 0 spiro atoms. The summed E-state index contributed by atoms with van der Waals surface area (Å²) in [5, 5.41) is 3.20. The number of aryl methyl sites for hydroxylation is 2. The molecule has 0 aliphatic heterocycles. The Hall–Kier alpha value is -2.05. The van der Waals surface area contributed by atoms with Crippen LogP contribution in [-0.4, -0.2) is 33.7 Å². The van der Waals surface area contributed by atoms with Gasteiger partial charge >= 0.3 is 0 Å². The number of anilines is 1. The molecule has 0 saturated heterocycles. The molecule has 7 heteroatoms. The first-order valence-corrected chi connectivity index (χ1v) is 10.5. The van der Waals surface area contributed by atoms with Crippen LogP contribution in [0.2, 0.25) is 5.02 Å². The van der Waals surface area contributed by atoms with Crippen LogP contribution in [0.25, 0.3) is 0 Å². The van der Waals surface area contributed by atoms with Crippen LogP contribution in [-0.2, 0) is 21.2 Å². The third-order valence-corrected chi connectivity index (χ3v) is 5.30. The molecule has 0 aliphatic carbocycles. The number of nitrogens with zero attached hydrogens (tertiary/aromatic N) is 1. The van der Waals surface area contributed by atoms with Crippen LogP contribution in [0.1, 0.15) is 17.5 Å². The maximum Gasteiger partial charge on any atom is 0.240 e. The molecule has 0 fully saturated rings. The standard InChI is InChI=1S/C19H23ClN2O3S/c1-15-10-11-17(20)13-18(15)22(26(2,24)25)14-19(23)21-12-6-9-16-7-4-3-5-8-16/h3-5,7-8,10-11,13H,6,9,12,14H2,1-2H3,(H,21,23). The van der Waals surface area contributed by atoms with Crippen LogP contribution in [0.15, 0.2) is 48.5 Å². The normalized spacial score (nSPS) is 11.2. The van der Waals surface area contributed by atoms with Gasteiger partial charge in [-0.2, -0.15) is 0 Å². The highest BCUT2D eigenvalue weighted by molar-refractivity contribution is 7.92. The minimum Gasteiger partial charge on any atom is -0.355 e. The zero-order valence-corrected chi connectivity index (χ0v) is 16.5. The van der Waals surface area contributed by atoms with E-state index in [1.54, 1.807) is 25.1 Å². The minimum atomic E-state index is -3.61. The summed E-state index contributed by atoms with van der Waals surface area (Å²) in [5.41, 5.74) is 2.35. The van der Waals surface area contributed by atoms with Crippen molar-refractivity contribution in [2.24, 2.45) is 0 Å². The molecule has 0 radical (unpaired) electrons. The lowest BCUT2D eigenvalue weighted by atomic mass is 10.1. The van der Waals surface area contributed by atoms with Crippen molar-refractivity contribution >= 4 is 33.2 Å². The van der Waals surface area contributed by atoms with E-state index in [1.807, 2.05) is 30.3 Å². The van der Waals surface area contributed by atoms with Gasteiger partial charge in [0.1, 0.15) is 6.54 Å². The number of sulfonamides is 1. The summed E-state index contributed by atoms with van der Waals surface area (Å²) in [7, 11) is -3.61. The van der Waals surface area contributed by atoms with Gasteiger partial charge < -0.3 is 5.32 Å². The number of hydrogen-bond donors (Lipinski definition) is 1. The smallest absolute Gasteiger partial charge is 0.240 e. The number of carbonyl (C=O) groups is 1. The van der Waals surface area contributed by atoms with Gasteiger partial charge in [0.2, 0.25) is 15.9 Å². The Bertz CT molecular complexity index is 854. The van der Waals surface area contributed by atoms with Gasteiger partial charge in [-0.1, -0.05) is 48.0 Å². The van der Waals surface area contributed by atoms with E-state index in [4.69, 9.17) is 11.6 Å². The molecule has 0 unspecified atom stereocenters. The van der Waals surface area contributed by atoms with Gasteiger partial charge in [-0.3, -0.25) is 9.10 Å². The van der Waals surface area contributed by atoms with E-state index in [2.05, 4.69) is 5.32 Å². The van der Waals surface area contributed by atoms with Crippen molar-refractivity contribution in [1.29, 1.82) is 0 Å². The van der Waals surface area contributed by atoms with Crippen LogP contribution < -0.4 is 9.62 Å². The number of carbonyl (C=O) groups excluding carboxylic acids is 1. The quantitative estimate of drug-likeness (QED) is 0.699. The highest BCUT2D eigenvalue weighted by atomic mass is 35.5. The maximum atomic E-state index is 12.2. The SMILES string of the molecule is Cc1ccc(Cl)cc1N(CC(=O)NCCCc1ccccc1)S(C)(=O)=O. The fraction of sp³-hybridized carbons (Fsp3) is 0.316. The van der Waals surface area contributed by atoms with Crippen LogP contribution in [0.5, 0.6) is 0 Å². The summed E-state index contributed by atoms with van der Waals surface area (Å²) in [6.07, 6.45) is 2.71. The molecule has 2 aromatic carbocycles. The molecule has 140 valence electrons. The van der Waals surface area contributed by atoms with Crippen molar-refractivity contribution in [3.63, 3.8) is 0 Å². The van der Waals surface area contributed by atoms with Crippen molar-refractivity contribution in [3.8, 4) is 0 Å². The number of rotatable bonds is 8. The van der Waals surface area contributed by atoms with Crippen LogP contribution in [0.4, 0.5) is 5.69 Å². The third-order valence-electron chi connectivity index (χ3n) is 3.93. The van der Waals surface area contributed by atoms with E-state index >= 15 is 0 Å². The van der Waals surface area contributed by atoms with Crippen molar-refractivity contribution in [2.45, 2.75) is 19.8 Å². The topological polar surface area (TPSA) is 66.5 Å². The van der Waals surface area contributed by atoms with E-state index in [9.17, 15) is 13.2 Å². The first-order valence-electron chi connectivity index (χ1n) is 8.32. The first-order chi connectivity index (χ1) is 12.3. The second-order valence-electron chi connectivity index (χ2n) is 6.14. The summed E-state index contributed by atoms with van der Waals surface area (Å²) >= 11 is 5.99. The zero-order chi connectivity index (χ0) is 19.2. The fourth-order valence-electron chi connectivity index (χ4n) is 2.58. The van der Waals surface area contributed by atoms with Gasteiger partial charge in [0.25, 0.3) is 0 Å². The van der Waals surface area contributed by atoms with E-state index in [1.165, 1.54) is 5.56 Å². The second kappa shape index (κ2) is 9.05. The molecule has 0 aliphatic rings. The largest absolute Gasteiger partial charge is 0.355 e. The van der Waals surface area contributed by atoms with Gasteiger partial charge in [-0.05, 0) is 43.0 Å². The summed E-state index contributed by atoms with van der Waals surface area (Å²) in [6, 6.07) is 15.0. The summed E-state index contributed by atoms with van der Waals surface area (Å²) in [5.74, 6) is -0.345. The van der Waals surface area contributed by atoms with Crippen molar-refractivity contribution in [2.75, 3.05) is 23.7 Å². The van der Waals surface area contributed by atoms with E-state index in [-0.39, 0.29) is 12.5 Å². The second-order valence-corrected chi connectivity index (χ2v) is 8.48. The minimum absolute atomic E-state index is 0.272. The van der Waals surface area contributed by atoms with Gasteiger partial charge in [0.05, 0.1) is 11.9 Å². The Balaban J connectivity index is 1.96. The van der Waals surface area contributed by atoms with Gasteiger partial charge in [-0.25, -0.2) is 8.42 Å². The molecule has 0 saturated carbocycles. The highest BCUT2D eigenvalue weighted by Gasteiger charge is 2.22. The first kappa shape index (κ1) is 20.3. The van der Waals surface area contributed by atoms with E-state index < -0.39 is 10.0 Å². The maximum absolute atomic E-state index is 12.2. The number of amides is 1. The fourth-order valence-corrected chi connectivity index (χ4v) is 3.66.